The first kappa shape index (κ1) is 9.60. The van der Waals surface area contributed by atoms with Crippen LogP contribution in [0.15, 0.2) is 28.8 Å². The van der Waals surface area contributed by atoms with Gasteiger partial charge in [-0.25, -0.2) is 0 Å². The highest BCUT2D eigenvalue weighted by atomic mass is 35.5. The molecule has 0 saturated carbocycles. The lowest BCUT2D eigenvalue weighted by molar-refractivity contribution is -0.384. The van der Waals surface area contributed by atoms with Crippen LogP contribution in [0.4, 0.5) is 5.69 Å². The zero-order chi connectivity index (χ0) is 10.8. The van der Waals surface area contributed by atoms with Crippen LogP contribution in [-0.2, 0) is 0 Å². The fourth-order valence-electron chi connectivity index (χ4n) is 1.05. The van der Waals surface area contributed by atoms with Gasteiger partial charge in [-0.3, -0.25) is 10.1 Å². The van der Waals surface area contributed by atoms with Crippen molar-refractivity contribution < 1.29 is 9.45 Å². The van der Waals surface area contributed by atoms with Gasteiger partial charge in [0.05, 0.1) is 4.92 Å². The van der Waals surface area contributed by atoms with Crippen molar-refractivity contribution in [2.75, 3.05) is 0 Å². The molecule has 0 aliphatic carbocycles. The van der Waals surface area contributed by atoms with Gasteiger partial charge in [0.2, 0.25) is 5.82 Å². The van der Waals surface area contributed by atoms with Crippen molar-refractivity contribution >= 4 is 17.3 Å². The first-order chi connectivity index (χ1) is 7.16. The molecule has 6 nitrogen and oxygen atoms in total. The first-order valence-electron chi connectivity index (χ1n) is 3.91. The van der Waals surface area contributed by atoms with Crippen LogP contribution < -0.4 is 0 Å². The Labute approximate surface area is 88.6 Å². The molecule has 0 radical (unpaired) electrons. The van der Waals surface area contributed by atoms with Gasteiger partial charge in [0.15, 0.2) is 0 Å². The summed E-state index contributed by atoms with van der Waals surface area (Å²) < 4.78 is 4.57. The van der Waals surface area contributed by atoms with E-state index in [1.165, 1.54) is 24.3 Å². The van der Waals surface area contributed by atoms with Crippen molar-refractivity contribution in [2.24, 2.45) is 0 Å². The summed E-state index contributed by atoms with van der Waals surface area (Å²) in [6, 6.07) is 5.78. The Morgan fingerprint density at radius 1 is 1.33 bits per heavy atom. The highest BCUT2D eigenvalue weighted by molar-refractivity contribution is 6.27. The zero-order valence-electron chi connectivity index (χ0n) is 7.25. The molecule has 76 valence electrons. The Morgan fingerprint density at radius 2 is 2.00 bits per heavy atom. The largest absolute Gasteiger partial charge is 0.321 e. The minimum atomic E-state index is -0.479. The van der Waals surface area contributed by atoms with E-state index in [0.717, 1.165) is 0 Å². The number of nitrogens with zero attached hydrogens (tertiary/aromatic N) is 3. The van der Waals surface area contributed by atoms with E-state index in [1.54, 1.807) is 0 Å². The second-order valence-corrected chi connectivity index (χ2v) is 3.00. The van der Waals surface area contributed by atoms with Crippen LogP contribution in [0.1, 0.15) is 0 Å². The molecule has 1 aromatic heterocycles. The Balaban J connectivity index is 2.35. The molecule has 0 aliphatic heterocycles. The minimum Gasteiger partial charge on any atom is -0.321 e. The molecule has 0 N–H and O–H groups in total. The third-order valence-corrected chi connectivity index (χ3v) is 1.89. The number of hydrogen-bond acceptors (Lipinski definition) is 5. The van der Waals surface area contributed by atoms with Gasteiger partial charge in [-0.15, -0.1) is 0 Å². The van der Waals surface area contributed by atoms with Gasteiger partial charge in [0.1, 0.15) is 0 Å². The molecular formula is C8H4ClN3O3. The third-order valence-electron chi connectivity index (χ3n) is 1.74. The van der Waals surface area contributed by atoms with Crippen LogP contribution >= 0.6 is 11.6 Å². The van der Waals surface area contributed by atoms with Crippen LogP contribution in [0.25, 0.3) is 11.4 Å². The summed E-state index contributed by atoms with van der Waals surface area (Å²) in [5.41, 5.74) is 0.615. The average Bonchev–Trinajstić information content (AvgIpc) is 2.65. The second-order valence-electron chi connectivity index (χ2n) is 2.67. The Bertz CT molecular complexity index is 494. The van der Waals surface area contributed by atoms with Crippen LogP contribution in [0.3, 0.4) is 0 Å². The Hall–Kier alpha value is -1.95. The second kappa shape index (κ2) is 3.66. The van der Waals surface area contributed by atoms with Gasteiger partial charge in [0, 0.05) is 17.7 Å². The van der Waals surface area contributed by atoms with Crippen molar-refractivity contribution in [3.8, 4) is 11.4 Å². The monoisotopic (exact) mass is 225 g/mol. The molecule has 0 amide bonds. The summed E-state index contributed by atoms with van der Waals surface area (Å²) in [4.78, 5) is 13.7. The predicted molar refractivity (Wildman–Crippen MR) is 51.4 cm³/mol. The summed E-state index contributed by atoms with van der Waals surface area (Å²) in [7, 11) is 0. The van der Waals surface area contributed by atoms with Crippen molar-refractivity contribution in [2.45, 2.75) is 0 Å². The summed E-state index contributed by atoms with van der Waals surface area (Å²) >= 11 is 5.44. The fourth-order valence-corrected chi connectivity index (χ4v) is 1.17. The fraction of sp³-hybridized carbons (Fsp3) is 0. The SMILES string of the molecule is O=[N+]([O-])c1ccc(-c2noc(Cl)n2)cc1. The molecule has 0 atom stereocenters. The Morgan fingerprint density at radius 3 is 2.47 bits per heavy atom. The lowest BCUT2D eigenvalue weighted by Gasteiger charge is -1.93. The number of halogens is 1. The quantitative estimate of drug-likeness (QED) is 0.578. The van der Waals surface area contributed by atoms with Gasteiger partial charge in [-0.05, 0) is 23.7 Å². The highest BCUT2D eigenvalue weighted by Gasteiger charge is 2.09. The number of aromatic nitrogens is 2. The number of nitro benzene ring substituents is 1. The lowest BCUT2D eigenvalue weighted by Crippen LogP contribution is -1.87. The molecule has 1 aromatic carbocycles. The topological polar surface area (TPSA) is 82.1 Å². The van der Waals surface area contributed by atoms with Gasteiger partial charge in [-0.1, -0.05) is 5.16 Å². The summed E-state index contributed by atoms with van der Waals surface area (Å²) in [5.74, 6) is 0.301. The van der Waals surface area contributed by atoms with Gasteiger partial charge in [0.25, 0.3) is 5.69 Å². The standard InChI is InChI=1S/C8H4ClN3O3/c9-8-10-7(11-15-8)5-1-3-6(4-2-5)12(13)14/h1-4H. The zero-order valence-corrected chi connectivity index (χ0v) is 8.01. The van der Waals surface area contributed by atoms with Crippen LogP contribution in [0.5, 0.6) is 0 Å². The molecule has 0 spiro atoms. The number of rotatable bonds is 2. The van der Waals surface area contributed by atoms with Gasteiger partial charge < -0.3 is 4.52 Å². The van der Waals surface area contributed by atoms with Crippen LogP contribution in [-0.4, -0.2) is 15.1 Å². The number of non-ortho nitro benzene ring substituents is 1. The minimum absolute atomic E-state index is 0.00772. The summed E-state index contributed by atoms with van der Waals surface area (Å²) in [6.45, 7) is 0. The van der Waals surface area contributed by atoms with E-state index in [4.69, 9.17) is 11.6 Å². The van der Waals surface area contributed by atoms with Crippen LogP contribution in [0.2, 0.25) is 5.35 Å². The van der Waals surface area contributed by atoms with Crippen molar-refractivity contribution in [1.82, 2.24) is 10.1 Å². The van der Waals surface area contributed by atoms with Gasteiger partial charge in [-0.2, -0.15) is 4.98 Å². The van der Waals surface area contributed by atoms with Gasteiger partial charge >= 0.3 is 5.35 Å². The van der Waals surface area contributed by atoms with E-state index in [9.17, 15) is 10.1 Å². The molecule has 2 rings (SSSR count). The first-order valence-corrected chi connectivity index (χ1v) is 4.28. The molecule has 0 fully saturated rings. The molecule has 0 saturated heterocycles. The summed E-state index contributed by atoms with van der Waals surface area (Å²) in [6.07, 6.45) is 0. The lowest BCUT2D eigenvalue weighted by atomic mass is 10.2. The highest BCUT2D eigenvalue weighted by Crippen LogP contribution is 2.20. The molecule has 0 unspecified atom stereocenters. The third kappa shape index (κ3) is 1.94. The maximum Gasteiger partial charge on any atom is 0.320 e. The molecule has 0 bridgehead atoms. The van der Waals surface area contributed by atoms with Crippen molar-refractivity contribution in [3.05, 3.63) is 39.7 Å². The molecular weight excluding hydrogens is 222 g/mol. The Kier molecular flexibility index (Phi) is 2.34. The summed E-state index contributed by atoms with van der Waals surface area (Å²) in [5, 5.41) is 13.9. The van der Waals surface area contributed by atoms with E-state index in [0.29, 0.717) is 11.4 Å². The van der Waals surface area contributed by atoms with E-state index in [1.807, 2.05) is 0 Å². The van der Waals surface area contributed by atoms with E-state index >= 15 is 0 Å². The normalized spacial score (nSPS) is 10.2. The molecule has 1 heterocycles. The molecule has 15 heavy (non-hydrogen) atoms. The van der Waals surface area contributed by atoms with Crippen molar-refractivity contribution in [3.63, 3.8) is 0 Å². The molecule has 7 heteroatoms. The predicted octanol–water partition coefficient (Wildman–Crippen LogP) is 2.30. The molecule has 0 aliphatic rings. The molecule has 2 aromatic rings. The number of hydrogen-bond donors (Lipinski definition) is 0. The average molecular weight is 226 g/mol. The van der Waals surface area contributed by atoms with Crippen LogP contribution in [0, 0.1) is 10.1 Å². The maximum absolute atomic E-state index is 10.4. The van der Waals surface area contributed by atoms with E-state index in [-0.39, 0.29) is 11.0 Å². The number of nitro groups is 1. The van der Waals surface area contributed by atoms with E-state index < -0.39 is 4.92 Å². The maximum atomic E-state index is 10.4. The van der Waals surface area contributed by atoms with E-state index in [2.05, 4.69) is 14.7 Å². The smallest absolute Gasteiger partial charge is 0.320 e. The van der Waals surface area contributed by atoms with Crippen molar-refractivity contribution in [1.29, 1.82) is 0 Å². The number of benzene rings is 1.